The SMILES string of the molecule is CCC(N)CC(=O)Nc1ccc(F)c(C(=O)OC)c1. The van der Waals surface area contributed by atoms with E-state index in [4.69, 9.17) is 5.73 Å². The van der Waals surface area contributed by atoms with Crippen LogP contribution in [0.1, 0.15) is 30.1 Å². The van der Waals surface area contributed by atoms with Crippen LogP contribution in [0.25, 0.3) is 0 Å². The lowest BCUT2D eigenvalue weighted by Gasteiger charge is -2.10. The second kappa shape index (κ2) is 6.84. The Kier molecular flexibility index (Phi) is 5.44. The number of halogens is 1. The molecule has 0 saturated carbocycles. The van der Waals surface area contributed by atoms with Crippen LogP contribution in [0.4, 0.5) is 10.1 Å². The molecule has 5 nitrogen and oxygen atoms in total. The molecule has 0 spiro atoms. The maximum atomic E-state index is 13.4. The number of nitrogens with one attached hydrogen (secondary N) is 1. The van der Waals surface area contributed by atoms with Crippen molar-refractivity contribution < 1.29 is 18.7 Å². The van der Waals surface area contributed by atoms with Gasteiger partial charge in [0, 0.05) is 18.2 Å². The van der Waals surface area contributed by atoms with E-state index in [1.165, 1.54) is 12.1 Å². The Hall–Kier alpha value is -1.95. The fraction of sp³-hybridized carbons (Fsp3) is 0.385. The quantitative estimate of drug-likeness (QED) is 0.796. The van der Waals surface area contributed by atoms with Crippen LogP contribution in [-0.2, 0) is 9.53 Å². The van der Waals surface area contributed by atoms with Crippen molar-refractivity contribution in [2.45, 2.75) is 25.8 Å². The molecule has 0 radical (unpaired) electrons. The molecular formula is C13H17FN2O3. The predicted molar refractivity (Wildman–Crippen MR) is 69.3 cm³/mol. The number of ether oxygens (including phenoxy) is 1. The van der Waals surface area contributed by atoms with E-state index < -0.39 is 11.8 Å². The number of benzene rings is 1. The van der Waals surface area contributed by atoms with E-state index in [0.717, 1.165) is 13.2 Å². The zero-order valence-corrected chi connectivity index (χ0v) is 10.9. The highest BCUT2D eigenvalue weighted by atomic mass is 19.1. The molecule has 1 aromatic rings. The Balaban J connectivity index is 2.80. The Bertz CT molecular complexity index is 477. The Labute approximate surface area is 110 Å². The molecule has 0 aliphatic carbocycles. The monoisotopic (exact) mass is 268 g/mol. The molecule has 0 saturated heterocycles. The van der Waals surface area contributed by atoms with E-state index in [9.17, 15) is 14.0 Å². The first-order valence-corrected chi connectivity index (χ1v) is 5.91. The maximum Gasteiger partial charge on any atom is 0.340 e. The zero-order valence-electron chi connectivity index (χ0n) is 10.9. The van der Waals surface area contributed by atoms with Gasteiger partial charge in [-0.05, 0) is 24.6 Å². The largest absolute Gasteiger partial charge is 0.465 e. The summed E-state index contributed by atoms with van der Waals surface area (Å²) in [7, 11) is 1.16. The van der Waals surface area contributed by atoms with Crippen molar-refractivity contribution in [1.82, 2.24) is 0 Å². The van der Waals surface area contributed by atoms with Gasteiger partial charge in [-0.1, -0.05) is 6.92 Å². The molecule has 1 amide bonds. The number of carbonyl (C=O) groups excluding carboxylic acids is 2. The van der Waals surface area contributed by atoms with Gasteiger partial charge in [-0.3, -0.25) is 4.79 Å². The minimum absolute atomic E-state index is 0.168. The molecule has 1 unspecified atom stereocenters. The molecule has 0 fully saturated rings. The summed E-state index contributed by atoms with van der Waals surface area (Å²) in [6.45, 7) is 1.88. The van der Waals surface area contributed by atoms with Gasteiger partial charge in [-0.2, -0.15) is 0 Å². The highest BCUT2D eigenvalue weighted by Gasteiger charge is 2.14. The second-order valence-electron chi connectivity index (χ2n) is 4.11. The summed E-state index contributed by atoms with van der Waals surface area (Å²) in [5, 5.41) is 2.56. The lowest BCUT2D eigenvalue weighted by molar-refractivity contribution is -0.116. The average Bonchev–Trinajstić information content (AvgIpc) is 2.39. The summed E-state index contributed by atoms with van der Waals surface area (Å²) >= 11 is 0. The number of carbonyl (C=O) groups is 2. The Morgan fingerprint density at radius 1 is 1.47 bits per heavy atom. The highest BCUT2D eigenvalue weighted by molar-refractivity contribution is 5.94. The normalized spacial score (nSPS) is 11.8. The first-order valence-electron chi connectivity index (χ1n) is 5.91. The third kappa shape index (κ3) is 4.33. The van der Waals surface area contributed by atoms with Crippen molar-refractivity contribution in [2.24, 2.45) is 5.73 Å². The number of amides is 1. The molecule has 0 bridgehead atoms. The van der Waals surface area contributed by atoms with E-state index in [1.54, 1.807) is 0 Å². The van der Waals surface area contributed by atoms with E-state index in [2.05, 4.69) is 10.1 Å². The lowest BCUT2D eigenvalue weighted by Crippen LogP contribution is -2.26. The summed E-state index contributed by atoms with van der Waals surface area (Å²) in [6.07, 6.45) is 0.853. The van der Waals surface area contributed by atoms with E-state index >= 15 is 0 Å². The van der Waals surface area contributed by atoms with Gasteiger partial charge in [0.05, 0.1) is 12.7 Å². The van der Waals surface area contributed by atoms with Gasteiger partial charge in [0.15, 0.2) is 0 Å². The second-order valence-corrected chi connectivity index (χ2v) is 4.11. The smallest absolute Gasteiger partial charge is 0.340 e. The van der Waals surface area contributed by atoms with Gasteiger partial charge < -0.3 is 15.8 Å². The van der Waals surface area contributed by atoms with E-state index in [1.807, 2.05) is 6.92 Å². The topological polar surface area (TPSA) is 81.4 Å². The third-order valence-corrected chi connectivity index (χ3v) is 2.63. The number of methoxy groups -OCH3 is 1. The third-order valence-electron chi connectivity index (χ3n) is 2.63. The highest BCUT2D eigenvalue weighted by Crippen LogP contribution is 2.16. The van der Waals surface area contributed by atoms with Crippen molar-refractivity contribution in [3.63, 3.8) is 0 Å². The molecule has 0 aliphatic heterocycles. The zero-order chi connectivity index (χ0) is 14.4. The van der Waals surface area contributed by atoms with Crippen molar-refractivity contribution >= 4 is 17.6 Å². The molecule has 3 N–H and O–H groups in total. The van der Waals surface area contributed by atoms with Crippen molar-refractivity contribution in [2.75, 3.05) is 12.4 Å². The fourth-order valence-electron chi connectivity index (χ4n) is 1.46. The van der Waals surface area contributed by atoms with Crippen molar-refractivity contribution in [3.8, 4) is 0 Å². The lowest BCUT2D eigenvalue weighted by atomic mass is 10.1. The van der Waals surface area contributed by atoms with Gasteiger partial charge in [-0.15, -0.1) is 0 Å². The molecule has 0 aromatic heterocycles. The Morgan fingerprint density at radius 3 is 2.74 bits per heavy atom. The summed E-state index contributed by atoms with van der Waals surface area (Å²) in [5.41, 5.74) is 5.76. The first-order chi connectivity index (χ1) is 8.97. The van der Waals surface area contributed by atoms with Crippen molar-refractivity contribution in [1.29, 1.82) is 0 Å². The first kappa shape index (κ1) is 15.1. The molecule has 0 heterocycles. The molecule has 104 valence electrons. The van der Waals surface area contributed by atoms with Crippen LogP contribution in [-0.4, -0.2) is 25.0 Å². The summed E-state index contributed by atoms with van der Waals surface area (Å²) < 4.78 is 17.8. The van der Waals surface area contributed by atoms with Crippen LogP contribution in [0.15, 0.2) is 18.2 Å². The van der Waals surface area contributed by atoms with Gasteiger partial charge in [0.25, 0.3) is 0 Å². The summed E-state index contributed by atoms with van der Waals surface area (Å²) in [5.74, 6) is -1.77. The van der Waals surface area contributed by atoms with Crippen LogP contribution in [0.2, 0.25) is 0 Å². The van der Waals surface area contributed by atoms with Crippen molar-refractivity contribution in [3.05, 3.63) is 29.6 Å². The molecule has 19 heavy (non-hydrogen) atoms. The molecule has 6 heteroatoms. The van der Waals surface area contributed by atoms with Crippen LogP contribution in [0.5, 0.6) is 0 Å². The molecular weight excluding hydrogens is 251 g/mol. The van der Waals surface area contributed by atoms with Gasteiger partial charge >= 0.3 is 5.97 Å². The molecule has 1 atom stereocenters. The minimum Gasteiger partial charge on any atom is -0.465 e. The van der Waals surface area contributed by atoms with Gasteiger partial charge in [-0.25, -0.2) is 9.18 Å². The molecule has 1 rings (SSSR count). The molecule has 1 aromatic carbocycles. The average molecular weight is 268 g/mol. The molecule has 0 aliphatic rings. The van der Waals surface area contributed by atoms with E-state index in [0.29, 0.717) is 12.1 Å². The van der Waals surface area contributed by atoms with Gasteiger partial charge in [0.2, 0.25) is 5.91 Å². The number of hydrogen-bond acceptors (Lipinski definition) is 4. The van der Waals surface area contributed by atoms with Crippen LogP contribution in [0, 0.1) is 5.82 Å². The maximum absolute atomic E-state index is 13.4. The standard InChI is InChI=1S/C13H17FN2O3/c1-3-8(15)6-12(17)16-9-4-5-11(14)10(7-9)13(18)19-2/h4-5,7-8H,3,6,15H2,1-2H3,(H,16,17). The van der Waals surface area contributed by atoms with E-state index in [-0.39, 0.29) is 23.9 Å². The van der Waals surface area contributed by atoms with Crippen LogP contribution >= 0.6 is 0 Å². The number of esters is 1. The number of nitrogens with two attached hydrogens (primary N) is 1. The van der Waals surface area contributed by atoms with Gasteiger partial charge in [0.1, 0.15) is 5.82 Å². The Morgan fingerprint density at radius 2 is 2.16 bits per heavy atom. The van der Waals surface area contributed by atoms with Crippen LogP contribution < -0.4 is 11.1 Å². The predicted octanol–water partition coefficient (Wildman–Crippen LogP) is 1.68. The number of anilines is 1. The number of hydrogen-bond donors (Lipinski definition) is 2. The van der Waals surface area contributed by atoms with Crippen LogP contribution in [0.3, 0.4) is 0 Å². The number of rotatable bonds is 5. The summed E-state index contributed by atoms with van der Waals surface area (Å²) in [6, 6.07) is 3.48. The minimum atomic E-state index is -0.793. The summed E-state index contributed by atoms with van der Waals surface area (Å²) in [4.78, 5) is 22.9. The fourth-order valence-corrected chi connectivity index (χ4v) is 1.46.